The molecule has 1 aliphatic carbocycles. The summed E-state index contributed by atoms with van der Waals surface area (Å²) >= 11 is 6.08. The van der Waals surface area contributed by atoms with E-state index in [1.807, 2.05) is 24.3 Å². The molecule has 2 atom stereocenters. The molecule has 16 heavy (non-hydrogen) atoms. The molecule has 1 aromatic carbocycles. The van der Waals surface area contributed by atoms with Crippen molar-refractivity contribution in [1.82, 2.24) is 0 Å². The van der Waals surface area contributed by atoms with E-state index < -0.39 is 6.10 Å². The van der Waals surface area contributed by atoms with Crippen LogP contribution in [0.3, 0.4) is 0 Å². The van der Waals surface area contributed by atoms with Gasteiger partial charge in [-0.05, 0) is 30.4 Å². The lowest BCUT2D eigenvalue weighted by Gasteiger charge is -2.25. The third-order valence-electron chi connectivity index (χ3n) is 3.52. The van der Waals surface area contributed by atoms with Gasteiger partial charge in [0.2, 0.25) is 0 Å². The lowest BCUT2D eigenvalue weighted by molar-refractivity contribution is 0.0845. The minimum Gasteiger partial charge on any atom is -0.391 e. The number of hydrogen-bond acceptors (Lipinski definition) is 2. The van der Waals surface area contributed by atoms with Crippen molar-refractivity contribution in [3.05, 3.63) is 34.9 Å². The Morgan fingerprint density at radius 3 is 2.50 bits per heavy atom. The Hall–Kier alpha value is -0.570. The summed E-state index contributed by atoms with van der Waals surface area (Å²) in [6.45, 7) is 0. The Morgan fingerprint density at radius 2 is 1.88 bits per heavy atom. The summed E-state index contributed by atoms with van der Waals surface area (Å²) in [6, 6.07) is 7.13. The Bertz CT molecular complexity index is 350. The molecule has 3 N–H and O–H groups in total. The topological polar surface area (TPSA) is 46.2 Å². The van der Waals surface area contributed by atoms with Crippen LogP contribution in [-0.2, 0) is 0 Å². The van der Waals surface area contributed by atoms with Gasteiger partial charge in [0.1, 0.15) is 0 Å². The zero-order valence-corrected chi connectivity index (χ0v) is 10.0. The van der Waals surface area contributed by atoms with E-state index in [-0.39, 0.29) is 6.04 Å². The Balaban J connectivity index is 2.11. The molecule has 2 nitrogen and oxygen atoms in total. The second kappa shape index (κ2) is 5.17. The summed E-state index contributed by atoms with van der Waals surface area (Å²) in [5.74, 6) is 0.339. The third kappa shape index (κ3) is 2.40. The van der Waals surface area contributed by atoms with Crippen LogP contribution < -0.4 is 5.73 Å². The van der Waals surface area contributed by atoms with Gasteiger partial charge in [-0.25, -0.2) is 0 Å². The van der Waals surface area contributed by atoms with E-state index in [0.29, 0.717) is 10.9 Å². The number of aliphatic hydroxyl groups excluding tert-OH is 1. The van der Waals surface area contributed by atoms with Gasteiger partial charge in [-0.2, -0.15) is 0 Å². The van der Waals surface area contributed by atoms with Crippen molar-refractivity contribution in [3.8, 4) is 0 Å². The van der Waals surface area contributed by atoms with Crippen LogP contribution in [0.2, 0.25) is 5.02 Å². The highest BCUT2D eigenvalue weighted by molar-refractivity contribution is 6.31. The fraction of sp³-hybridized carbons (Fsp3) is 0.538. The first-order valence-corrected chi connectivity index (χ1v) is 6.26. The molecule has 3 heteroatoms. The maximum absolute atomic E-state index is 10.2. The van der Waals surface area contributed by atoms with Crippen LogP contribution in [0.25, 0.3) is 0 Å². The van der Waals surface area contributed by atoms with E-state index in [1.165, 1.54) is 12.8 Å². The molecular formula is C13H18ClNO. The van der Waals surface area contributed by atoms with E-state index in [1.54, 1.807) is 0 Å². The highest BCUT2D eigenvalue weighted by atomic mass is 35.5. The maximum Gasteiger partial charge on any atom is 0.0761 e. The second-order valence-corrected chi connectivity index (χ2v) is 4.99. The number of rotatable bonds is 3. The van der Waals surface area contributed by atoms with E-state index in [4.69, 9.17) is 17.3 Å². The highest BCUT2D eigenvalue weighted by Gasteiger charge is 2.29. The van der Waals surface area contributed by atoms with Crippen molar-refractivity contribution in [2.75, 3.05) is 0 Å². The molecule has 88 valence electrons. The average molecular weight is 240 g/mol. The van der Waals surface area contributed by atoms with Crippen molar-refractivity contribution in [2.24, 2.45) is 11.7 Å². The Kier molecular flexibility index (Phi) is 3.85. The highest BCUT2D eigenvalue weighted by Crippen LogP contribution is 2.34. The van der Waals surface area contributed by atoms with E-state index in [9.17, 15) is 5.11 Å². The van der Waals surface area contributed by atoms with Gasteiger partial charge in [0, 0.05) is 5.02 Å². The molecule has 0 bridgehead atoms. The van der Waals surface area contributed by atoms with Crippen LogP contribution in [0, 0.1) is 5.92 Å². The normalized spacial score (nSPS) is 20.9. The van der Waals surface area contributed by atoms with Crippen LogP contribution in [0.15, 0.2) is 24.3 Å². The second-order valence-electron chi connectivity index (χ2n) is 4.58. The number of halogens is 1. The van der Waals surface area contributed by atoms with E-state index >= 15 is 0 Å². The smallest absolute Gasteiger partial charge is 0.0761 e. The van der Waals surface area contributed by atoms with Crippen molar-refractivity contribution < 1.29 is 5.11 Å². The van der Waals surface area contributed by atoms with Crippen LogP contribution in [0.5, 0.6) is 0 Å². The maximum atomic E-state index is 10.2. The number of aliphatic hydroxyl groups is 1. The first-order valence-electron chi connectivity index (χ1n) is 5.88. The summed E-state index contributed by atoms with van der Waals surface area (Å²) in [7, 11) is 0. The summed E-state index contributed by atoms with van der Waals surface area (Å²) in [4.78, 5) is 0. The first kappa shape index (κ1) is 11.9. The molecule has 0 amide bonds. The Labute approximate surface area is 101 Å². The predicted molar refractivity (Wildman–Crippen MR) is 66.3 cm³/mol. The average Bonchev–Trinajstić information content (AvgIpc) is 2.81. The quantitative estimate of drug-likeness (QED) is 0.852. The van der Waals surface area contributed by atoms with Crippen molar-refractivity contribution in [3.63, 3.8) is 0 Å². The largest absolute Gasteiger partial charge is 0.391 e. The molecule has 1 fully saturated rings. The third-order valence-corrected chi connectivity index (χ3v) is 3.86. The Morgan fingerprint density at radius 1 is 1.25 bits per heavy atom. The van der Waals surface area contributed by atoms with Gasteiger partial charge in [0.15, 0.2) is 0 Å². The van der Waals surface area contributed by atoms with Gasteiger partial charge >= 0.3 is 0 Å². The zero-order chi connectivity index (χ0) is 11.5. The molecule has 0 radical (unpaired) electrons. The predicted octanol–water partition coefficient (Wildman–Crippen LogP) is 2.89. The van der Waals surface area contributed by atoms with Crippen molar-refractivity contribution in [1.29, 1.82) is 0 Å². The summed E-state index contributed by atoms with van der Waals surface area (Å²) in [5.41, 5.74) is 6.94. The summed E-state index contributed by atoms with van der Waals surface area (Å²) in [6.07, 6.45) is 4.11. The van der Waals surface area contributed by atoms with Gasteiger partial charge < -0.3 is 10.8 Å². The van der Waals surface area contributed by atoms with Crippen LogP contribution >= 0.6 is 11.6 Å². The molecule has 0 aromatic heterocycles. The van der Waals surface area contributed by atoms with Gasteiger partial charge in [0.05, 0.1) is 12.1 Å². The minimum atomic E-state index is -0.470. The first-order chi connectivity index (χ1) is 7.70. The molecule has 1 saturated carbocycles. The lowest BCUT2D eigenvalue weighted by atomic mass is 9.91. The fourth-order valence-electron chi connectivity index (χ4n) is 2.52. The summed E-state index contributed by atoms with van der Waals surface area (Å²) < 4.78 is 0. The molecular weight excluding hydrogens is 222 g/mol. The molecule has 0 unspecified atom stereocenters. The SMILES string of the molecule is N[C@H](c1ccccc1Cl)[C@@H](O)C1CCCC1. The van der Waals surface area contributed by atoms with Gasteiger partial charge in [-0.3, -0.25) is 0 Å². The van der Waals surface area contributed by atoms with Gasteiger partial charge in [-0.1, -0.05) is 42.6 Å². The zero-order valence-electron chi connectivity index (χ0n) is 9.27. The standard InChI is InChI=1S/C13H18ClNO/c14-11-8-4-3-7-10(11)12(15)13(16)9-5-1-2-6-9/h3-4,7-9,12-13,16H,1-2,5-6,15H2/t12-,13+/m1/s1. The van der Waals surface area contributed by atoms with Crippen LogP contribution in [0.4, 0.5) is 0 Å². The number of hydrogen-bond donors (Lipinski definition) is 2. The van der Waals surface area contributed by atoms with Crippen molar-refractivity contribution >= 4 is 11.6 Å². The van der Waals surface area contributed by atoms with Gasteiger partial charge in [0.25, 0.3) is 0 Å². The molecule has 0 heterocycles. The lowest BCUT2D eigenvalue weighted by Crippen LogP contribution is -2.32. The van der Waals surface area contributed by atoms with Crippen LogP contribution in [0.1, 0.15) is 37.3 Å². The molecule has 1 aromatic rings. The molecule has 2 rings (SSSR count). The van der Waals surface area contributed by atoms with Gasteiger partial charge in [-0.15, -0.1) is 0 Å². The van der Waals surface area contributed by atoms with Crippen molar-refractivity contribution in [2.45, 2.75) is 37.8 Å². The molecule has 0 spiro atoms. The fourth-order valence-corrected chi connectivity index (χ4v) is 2.78. The molecule has 0 saturated heterocycles. The molecule has 1 aliphatic rings. The van der Waals surface area contributed by atoms with E-state index in [2.05, 4.69) is 0 Å². The van der Waals surface area contributed by atoms with Crippen LogP contribution in [-0.4, -0.2) is 11.2 Å². The monoisotopic (exact) mass is 239 g/mol. The minimum absolute atomic E-state index is 0.339. The number of nitrogens with two attached hydrogens (primary N) is 1. The van der Waals surface area contributed by atoms with E-state index in [0.717, 1.165) is 18.4 Å². The molecule has 0 aliphatic heterocycles. The number of benzene rings is 1. The summed E-state index contributed by atoms with van der Waals surface area (Å²) in [5, 5.41) is 10.9.